The predicted molar refractivity (Wildman–Crippen MR) is 162 cm³/mol. The number of rotatable bonds is 26. The number of hydrogen-bond donors (Lipinski definition) is 3. The highest BCUT2D eigenvalue weighted by Gasteiger charge is 2.22. The van der Waals surface area contributed by atoms with Crippen LogP contribution in [-0.4, -0.2) is 52.3 Å². The summed E-state index contributed by atoms with van der Waals surface area (Å²) < 4.78 is 25.9. The number of phosphoric acid groups is 1. The van der Waals surface area contributed by atoms with E-state index in [-0.39, 0.29) is 25.6 Å². The number of hydrogen-bond acceptors (Lipinski definition) is 7. The maximum absolute atomic E-state index is 12.1. The largest absolute Gasteiger partial charge is 0.469 e. The Hall–Kier alpha value is -2.03. The van der Waals surface area contributed by atoms with E-state index in [9.17, 15) is 19.3 Å². The minimum Gasteiger partial charge on any atom is -0.462 e. The molecule has 10 heteroatoms. The number of aliphatic hydroxyl groups excluding tert-OH is 1. The van der Waals surface area contributed by atoms with Crippen LogP contribution in [0.25, 0.3) is 0 Å². The van der Waals surface area contributed by atoms with Gasteiger partial charge in [0.2, 0.25) is 0 Å². The Morgan fingerprint density at radius 1 is 0.732 bits per heavy atom. The van der Waals surface area contributed by atoms with Crippen molar-refractivity contribution in [2.24, 2.45) is 0 Å². The third kappa shape index (κ3) is 29.3. The first kappa shape index (κ1) is 39.0. The Morgan fingerprint density at radius 3 is 1.88 bits per heavy atom. The molecule has 0 aromatic rings. The maximum atomic E-state index is 12.1. The Labute approximate surface area is 247 Å². The van der Waals surface area contributed by atoms with Crippen molar-refractivity contribution in [2.75, 3.05) is 13.2 Å². The van der Waals surface area contributed by atoms with Gasteiger partial charge >= 0.3 is 19.8 Å². The number of unbranched alkanes of at least 4 members (excludes halogenated alkanes) is 5. The van der Waals surface area contributed by atoms with Crippen LogP contribution < -0.4 is 0 Å². The summed E-state index contributed by atoms with van der Waals surface area (Å²) in [5, 5.41) is 9.50. The molecule has 236 valence electrons. The van der Waals surface area contributed by atoms with Crippen LogP contribution in [-0.2, 0) is 28.2 Å². The molecule has 3 N–H and O–H groups in total. The van der Waals surface area contributed by atoms with Gasteiger partial charge in [-0.25, -0.2) is 4.57 Å². The molecular weight excluding hydrogens is 547 g/mol. The zero-order valence-corrected chi connectivity index (χ0v) is 25.9. The molecule has 9 nitrogen and oxygen atoms in total. The normalized spacial score (nSPS) is 14.0. The topological polar surface area (TPSA) is 140 Å². The van der Waals surface area contributed by atoms with Crippen molar-refractivity contribution in [3.05, 3.63) is 48.6 Å². The summed E-state index contributed by atoms with van der Waals surface area (Å²) in [7, 11) is -4.75. The van der Waals surface area contributed by atoms with E-state index in [4.69, 9.17) is 19.3 Å². The van der Waals surface area contributed by atoms with Crippen LogP contribution in [0.4, 0.5) is 0 Å². The summed E-state index contributed by atoms with van der Waals surface area (Å²) in [5.74, 6) is -0.991. The average molecular weight is 601 g/mol. The second kappa shape index (κ2) is 26.8. The first-order chi connectivity index (χ1) is 19.7. The monoisotopic (exact) mass is 600 g/mol. The average Bonchev–Trinajstić information content (AvgIpc) is 2.93. The first-order valence-corrected chi connectivity index (χ1v) is 16.5. The number of carbonyl (C=O) groups excluding carboxylic acids is 2. The Balaban J connectivity index is 4.10. The van der Waals surface area contributed by atoms with Gasteiger partial charge in [0.15, 0.2) is 6.10 Å². The van der Waals surface area contributed by atoms with Gasteiger partial charge < -0.3 is 24.4 Å². The summed E-state index contributed by atoms with van der Waals surface area (Å²) in [6, 6.07) is 0. The van der Waals surface area contributed by atoms with Crippen molar-refractivity contribution in [2.45, 2.75) is 122 Å². The molecule has 2 atom stereocenters. The van der Waals surface area contributed by atoms with E-state index in [1.165, 1.54) is 0 Å². The molecule has 0 aliphatic heterocycles. The molecule has 0 bridgehead atoms. The van der Waals surface area contributed by atoms with Gasteiger partial charge in [-0.1, -0.05) is 88.1 Å². The quantitative estimate of drug-likeness (QED) is 0.0413. The number of carbonyl (C=O) groups is 2. The van der Waals surface area contributed by atoms with Gasteiger partial charge in [-0.15, -0.1) is 0 Å². The summed E-state index contributed by atoms with van der Waals surface area (Å²) in [6.45, 7) is 3.20. The van der Waals surface area contributed by atoms with E-state index in [2.05, 4.69) is 47.9 Å². The highest BCUT2D eigenvalue weighted by molar-refractivity contribution is 7.46. The number of aliphatic hydroxyl groups is 1. The fraction of sp³-hybridized carbons (Fsp3) is 0.677. The lowest BCUT2D eigenvalue weighted by Gasteiger charge is -2.18. The highest BCUT2D eigenvalue weighted by Crippen LogP contribution is 2.35. The molecule has 41 heavy (non-hydrogen) atoms. The molecule has 0 unspecified atom stereocenters. The number of allylic oxidation sites excluding steroid dienone is 8. The van der Waals surface area contributed by atoms with Crippen molar-refractivity contribution in [1.29, 1.82) is 0 Å². The lowest BCUT2D eigenvalue weighted by molar-refractivity contribution is -0.161. The molecule has 0 aromatic carbocycles. The van der Waals surface area contributed by atoms with Gasteiger partial charge in [0.25, 0.3) is 0 Å². The van der Waals surface area contributed by atoms with Crippen LogP contribution in [0, 0.1) is 0 Å². The van der Waals surface area contributed by atoms with Gasteiger partial charge in [0.1, 0.15) is 6.61 Å². The molecule has 0 rings (SSSR count). The van der Waals surface area contributed by atoms with E-state index in [0.717, 1.165) is 64.2 Å². The van der Waals surface area contributed by atoms with Crippen molar-refractivity contribution in [1.82, 2.24) is 0 Å². The SMILES string of the molecule is CCCCCCCC(=O)O[C@H](COC(=O)CCC/C=C\C/C=C\C/C=C\C/C=C\CC[C@@H](O)CC)COP(=O)(O)O. The van der Waals surface area contributed by atoms with Crippen LogP contribution in [0.2, 0.25) is 0 Å². The van der Waals surface area contributed by atoms with Crippen LogP contribution in [0.3, 0.4) is 0 Å². The van der Waals surface area contributed by atoms with Gasteiger partial charge in [0, 0.05) is 12.8 Å². The predicted octanol–water partition coefficient (Wildman–Crippen LogP) is 7.03. The van der Waals surface area contributed by atoms with Crippen molar-refractivity contribution >= 4 is 19.8 Å². The van der Waals surface area contributed by atoms with Crippen molar-refractivity contribution in [3.63, 3.8) is 0 Å². The molecule has 0 aromatic heterocycles. The standard InChI is InChI=1S/C31H53O9P/c1-3-5-6-17-22-25-31(34)40-29(27-39-41(35,36)37)26-38-30(33)24-21-19-16-14-12-10-8-7-9-11-13-15-18-20-23-28(32)4-2/h8-11,14-16,18,28-29,32H,3-7,12-13,17,19-27H2,1-2H3,(H2,35,36,37)/b10-8-,11-9-,16-14-,18-15-/t28-,29+/m0/s1. The highest BCUT2D eigenvalue weighted by atomic mass is 31.2. The van der Waals surface area contributed by atoms with Crippen LogP contribution in [0.5, 0.6) is 0 Å². The molecule has 0 saturated heterocycles. The van der Waals surface area contributed by atoms with E-state index >= 15 is 0 Å². The lowest BCUT2D eigenvalue weighted by Crippen LogP contribution is -2.29. The molecule has 0 amide bonds. The van der Waals surface area contributed by atoms with Gasteiger partial charge in [-0.2, -0.15) is 0 Å². The number of ether oxygens (including phenoxy) is 2. The van der Waals surface area contributed by atoms with Crippen molar-refractivity contribution < 1.29 is 43.0 Å². The van der Waals surface area contributed by atoms with E-state index in [1.54, 1.807) is 0 Å². The summed E-state index contributed by atoms with van der Waals surface area (Å²) in [4.78, 5) is 42.0. The van der Waals surface area contributed by atoms with E-state index in [1.807, 2.05) is 19.1 Å². The van der Waals surface area contributed by atoms with Crippen LogP contribution in [0.15, 0.2) is 48.6 Å². The van der Waals surface area contributed by atoms with Gasteiger partial charge in [-0.05, 0) is 57.8 Å². The fourth-order valence-electron chi connectivity index (χ4n) is 3.58. The Bertz CT molecular complexity index is 829. The smallest absolute Gasteiger partial charge is 0.462 e. The van der Waals surface area contributed by atoms with E-state index < -0.39 is 32.5 Å². The molecule has 0 aliphatic rings. The molecule has 0 aliphatic carbocycles. The summed E-state index contributed by atoms with van der Waals surface area (Å²) in [5.41, 5.74) is 0. The molecule has 0 saturated carbocycles. The fourth-order valence-corrected chi connectivity index (χ4v) is 3.94. The molecule has 0 fully saturated rings. The lowest BCUT2D eigenvalue weighted by atomic mass is 10.1. The number of phosphoric ester groups is 1. The molecular formula is C31H53O9P. The van der Waals surface area contributed by atoms with E-state index in [0.29, 0.717) is 19.3 Å². The minimum atomic E-state index is -4.75. The van der Waals surface area contributed by atoms with Crippen molar-refractivity contribution in [3.8, 4) is 0 Å². The first-order valence-electron chi connectivity index (χ1n) is 15.0. The van der Waals surface area contributed by atoms with Crippen LogP contribution >= 0.6 is 7.82 Å². The zero-order valence-electron chi connectivity index (χ0n) is 25.0. The molecule has 0 heterocycles. The second-order valence-electron chi connectivity index (χ2n) is 9.87. The summed E-state index contributed by atoms with van der Waals surface area (Å²) in [6.07, 6.45) is 27.0. The molecule has 0 spiro atoms. The van der Waals surface area contributed by atoms with Gasteiger partial charge in [-0.3, -0.25) is 14.1 Å². The maximum Gasteiger partial charge on any atom is 0.469 e. The van der Waals surface area contributed by atoms with Crippen LogP contribution in [0.1, 0.15) is 110 Å². The third-order valence-electron chi connectivity index (χ3n) is 6.01. The molecule has 0 radical (unpaired) electrons. The number of esters is 2. The third-order valence-corrected chi connectivity index (χ3v) is 6.50. The summed E-state index contributed by atoms with van der Waals surface area (Å²) >= 11 is 0. The zero-order chi connectivity index (χ0) is 30.6. The Kier molecular flexibility index (Phi) is 25.5. The minimum absolute atomic E-state index is 0.177. The van der Waals surface area contributed by atoms with Gasteiger partial charge in [0.05, 0.1) is 12.7 Å². The Morgan fingerprint density at radius 2 is 1.29 bits per heavy atom. The second-order valence-corrected chi connectivity index (χ2v) is 11.1.